The maximum absolute atomic E-state index is 14.6. The van der Waals surface area contributed by atoms with Crippen molar-refractivity contribution in [2.75, 3.05) is 19.7 Å². The molecule has 1 aromatic rings. The highest BCUT2D eigenvalue weighted by atomic mass is 16.5. The molecule has 12 nitrogen and oxygen atoms in total. The van der Waals surface area contributed by atoms with Gasteiger partial charge in [0, 0.05) is 25.6 Å². The molecule has 1 heterocycles. The summed E-state index contributed by atoms with van der Waals surface area (Å²) in [6, 6.07) is 6.67. The van der Waals surface area contributed by atoms with Gasteiger partial charge in [-0.25, -0.2) is 4.79 Å². The number of fused-ring (bicyclic) bond motifs is 1. The summed E-state index contributed by atoms with van der Waals surface area (Å²) < 4.78 is 5.43. The molecule has 7 atom stereocenters. The van der Waals surface area contributed by atoms with Gasteiger partial charge in [0.25, 0.3) is 5.91 Å². The quantitative estimate of drug-likeness (QED) is 0.152. The minimum absolute atomic E-state index is 0.0508. The molecule has 0 aromatic heterocycles. The summed E-state index contributed by atoms with van der Waals surface area (Å²) >= 11 is 0. The molecule has 1 aliphatic heterocycles. The molecule has 2 saturated carbocycles. The van der Waals surface area contributed by atoms with E-state index in [1.165, 1.54) is 11.0 Å². The van der Waals surface area contributed by atoms with E-state index < -0.39 is 47.7 Å². The fraction of sp³-hybridized carbons (Fsp3) is 0.632. The number of carbonyl (C=O) groups excluding carboxylic acids is 6. The van der Waals surface area contributed by atoms with Crippen LogP contribution in [0.2, 0.25) is 0 Å². The lowest BCUT2D eigenvalue weighted by molar-refractivity contribution is -0.145. The van der Waals surface area contributed by atoms with Crippen LogP contribution in [0.4, 0.5) is 4.79 Å². The molecule has 0 spiro atoms. The summed E-state index contributed by atoms with van der Waals surface area (Å²) in [7, 11) is 0. The SMILES string of the molecule is C=CCNC(=O)C(=O)C(CCC)NC(=O)[C@@H]1C2C(CN1C(=O)C(NC(=O)OCC(C)C)C1CCCC(C(=O)NCc3ccccc3)C1)C2(C)C. The van der Waals surface area contributed by atoms with Crippen LogP contribution in [0.3, 0.4) is 0 Å². The smallest absolute Gasteiger partial charge is 0.407 e. The Morgan fingerprint density at radius 3 is 2.40 bits per heavy atom. The zero-order valence-corrected chi connectivity index (χ0v) is 30.2. The van der Waals surface area contributed by atoms with Crippen molar-refractivity contribution >= 4 is 35.5 Å². The van der Waals surface area contributed by atoms with E-state index in [0.29, 0.717) is 45.2 Å². The number of nitrogens with zero attached hydrogens (tertiary/aromatic N) is 1. The molecular formula is C38H55N5O7. The fourth-order valence-electron chi connectivity index (χ4n) is 7.71. The van der Waals surface area contributed by atoms with Crippen LogP contribution in [0.1, 0.15) is 78.7 Å². The second kappa shape index (κ2) is 17.1. The van der Waals surface area contributed by atoms with Crippen molar-refractivity contribution in [3.8, 4) is 0 Å². The molecule has 3 aliphatic rings. The Bertz CT molecular complexity index is 1410. The van der Waals surface area contributed by atoms with Crippen molar-refractivity contribution in [2.24, 2.45) is 35.0 Å². The van der Waals surface area contributed by atoms with Crippen LogP contribution < -0.4 is 21.3 Å². The van der Waals surface area contributed by atoms with E-state index in [1.807, 2.05) is 51.1 Å². The average Bonchev–Trinajstić information content (AvgIpc) is 3.40. The summed E-state index contributed by atoms with van der Waals surface area (Å²) in [5, 5.41) is 11.1. The normalized spacial score (nSPS) is 24.6. The molecule has 3 fully saturated rings. The number of benzene rings is 1. The van der Waals surface area contributed by atoms with Crippen LogP contribution in [0, 0.1) is 35.0 Å². The first-order chi connectivity index (χ1) is 23.8. The standard InChI is InChI=1S/C38H55N5O7/c1-7-13-28(32(44)35(47)39-18-8-2)41-34(46)31-29-27(38(29,5)6)21-43(31)36(48)30(42-37(49)50-22-23(3)4)25-16-12-17-26(19-25)33(45)40-20-24-14-10-9-11-15-24/h8-11,14-15,23,25-31H,2,7,12-13,16-22H2,1,3-6H3,(H,39,47)(H,40,45)(H,41,46)(H,42,49)/t25?,26?,27?,28?,29?,30?,31-/m0/s1. The van der Waals surface area contributed by atoms with Gasteiger partial charge in [0.05, 0.1) is 12.6 Å². The number of hydrogen-bond donors (Lipinski definition) is 4. The van der Waals surface area contributed by atoms with Gasteiger partial charge in [-0.15, -0.1) is 6.58 Å². The third-order valence-electron chi connectivity index (χ3n) is 10.6. The molecule has 5 amide bonds. The van der Waals surface area contributed by atoms with Gasteiger partial charge in [0.1, 0.15) is 12.1 Å². The number of Topliss-reactive ketones (excluding diaryl/α,β-unsaturated/α-hetero) is 1. The fourth-order valence-corrected chi connectivity index (χ4v) is 7.71. The average molecular weight is 694 g/mol. The number of carbonyl (C=O) groups is 6. The third-order valence-corrected chi connectivity index (χ3v) is 10.6. The van der Waals surface area contributed by atoms with Crippen LogP contribution in [-0.2, 0) is 35.3 Å². The van der Waals surface area contributed by atoms with Gasteiger partial charge in [-0.05, 0) is 60.3 Å². The van der Waals surface area contributed by atoms with Gasteiger partial charge in [-0.1, -0.05) is 83.9 Å². The second-order valence-corrected chi connectivity index (χ2v) is 15.0. The summed E-state index contributed by atoms with van der Waals surface area (Å²) in [5.41, 5.74) is 0.770. The van der Waals surface area contributed by atoms with Gasteiger partial charge >= 0.3 is 6.09 Å². The number of ketones is 1. The molecule has 274 valence electrons. The molecule has 4 N–H and O–H groups in total. The highest BCUT2D eigenvalue weighted by Crippen LogP contribution is 2.65. The molecule has 6 unspecified atom stereocenters. The number of rotatable bonds is 16. The minimum Gasteiger partial charge on any atom is -0.449 e. The van der Waals surface area contributed by atoms with Gasteiger partial charge in [-0.3, -0.25) is 24.0 Å². The Labute approximate surface area is 295 Å². The number of hydrogen-bond acceptors (Lipinski definition) is 7. The van der Waals surface area contributed by atoms with E-state index in [1.54, 1.807) is 0 Å². The van der Waals surface area contributed by atoms with Crippen LogP contribution in [-0.4, -0.2) is 78.2 Å². The van der Waals surface area contributed by atoms with Crippen molar-refractivity contribution < 1.29 is 33.5 Å². The highest BCUT2D eigenvalue weighted by Gasteiger charge is 2.69. The Balaban J connectivity index is 1.55. The van der Waals surface area contributed by atoms with E-state index >= 15 is 0 Å². The predicted octanol–water partition coefficient (Wildman–Crippen LogP) is 3.50. The molecule has 0 bridgehead atoms. The van der Waals surface area contributed by atoms with Crippen LogP contribution in [0.25, 0.3) is 0 Å². The molecule has 1 aromatic carbocycles. The van der Waals surface area contributed by atoms with E-state index in [-0.39, 0.29) is 60.5 Å². The predicted molar refractivity (Wildman–Crippen MR) is 188 cm³/mol. The highest BCUT2D eigenvalue weighted by molar-refractivity contribution is 6.38. The maximum Gasteiger partial charge on any atom is 0.407 e. The topological polar surface area (TPSA) is 163 Å². The van der Waals surface area contributed by atoms with E-state index in [9.17, 15) is 28.8 Å². The van der Waals surface area contributed by atoms with Crippen LogP contribution in [0.5, 0.6) is 0 Å². The molecule has 2 aliphatic carbocycles. The van der Waals surface area contributed by atoms with Crippen molar-refractivity contribution in [3.63, 3.8) is 0 Å². The first-order valence-electron chi connectivity index (χ1n) is 18.1. The van der Waals surface area contributed by atoms with Crippen molar-refractivity contribution in [1.29, 1.82) is 0 Å². The summed E-state index contributed by atoms with van der Waals surface area (Å²) in [6.07, 6.45) is 3.89. The van der Waals surface area contributed by atoms with E-state index in [4.69, 9.17) is 4.74 Å². The molecule has 4 rings (SSSR count). The van der Waals surface area contributed by atoms with Crippen molar-refractivity contribution in [1.82, 2.24) is 26.2 Å². The molecule has 1 saturated heterocycles. The van der Waals surface area contributed by atoms with Gasteiger partial charge in [0.2, 0.25) is 23.5 Å². The van der Waals surface area contributed by atoms with Crippen LogP contribution >= 0.6 is 0 Å². The third kappa shape index (κ3) is 9.31. The van der Waals surface area contributed by atoms with Gasteiger partial charge < -0.3 is 30.9 Å². The number of piperidine rings is 1. The number of alkyl carbamates (subject to hydrolysis) is 1. The lowest BCUT2D eigenvalue weighted by Crippen LogP contribution is -2.60. The van der Waals surface area contributed by atoms with Gasteiger partial charge in [-0.2, -0.15) is 0 Å². The Morgan fingerprint density at radius 2 is 1.74 bits per heavy atom. The zero-order valence-electron chi connectivity index (χ0n) is 30.2. The second-order valence-electron chi connectivity index (χ2n) is 15.0. The monoisotopic (exact) mass is 693 g/mol. The van der Waals surface area contributed by atoms with Crippen molar-refractivity contribution in [3.05, 3.63) is 48.6 Å². The first-order valence-corrected chi connectivity index (χ1v) is 18.1. The molecule has 12 heteroatoms. The Hall–Kier alpha value is -4.22. The molecular weight excluding hydrogens is 638 g/mol. The lowest BCUT2D eigenvalue weighted by Gasteiger charge is -2.38. The lowest BCUT2D eigenvalue weighted by atomic mass is 9.76. The summed E-state index contributed by atoms with van der Waals surface area (Å²) in [6.45, 7) is 14.3. The van der Waals surface area contributed by atoms with Crippen LogP contribution in [0.15, 0.2) is 43.0 Å². The summed E-state index contributed by atoms with van der Waals surface area (Å²) in [4.78, 5) is 82.2. The van der Waals surface area contributed by atoms with Crippen molar-refractivity contribution in [2.45, 2.75) is 97.8 Å². The largest absolute Gasteiger partial charge is 0.449 e. The van der Waals surface area contributed by atoms with E-state index in [2.05, 4.69) is 41.7 Å². The van der Waals surface area contributed by atoms with Gasteiger partial charge in [0.15, 0.2) is 0 Å². The Morgan fingerprint density at radius 1 is 1.02 bits per heavy atom. The number of nitrogens with one attached hydrogen (secondary N) is 4. The first kappa shape index (κ1) is 38.6. The summed E-state index contributed by atoms with van der Waals surface area (Å²) in [5.74, 6) is -3.31. The Kier molecular flexibility index (Phi) is 13.2. The number of ether oxygens (including phenoxy) is 1. The number of amides is 5. The molecule has 50 heavy (non-hydrogen) atoms. The maximum atomic E-state index is 14.6. The molecule has 0 radical (unpaired) electrons. The number of likely N-dealkylation sites (tertiary alicyclic amines) is 1. The van der Waals surface area contributed by atoms with E-state index in [0.717, 1.165) is 5.56 Å². The zero-order chi connectivity index (χ0) is 36.6. The minimum atomic E-state index is -1.05.